The van der Waals surface area contributed by atoms with E-state index in [4.69, 9.17) is 0 Å². The van der Waals surface area contributed by atoms with Crippen molar-refractivity contribution in [1.29, 1.82) is 0 Å². The lowest BCUT2D eigenvalue weighted by molar-refractivity contribution is -0.160. The van der Waals surface area contributed by atoms with Gasteiger partial charge in [0.2, 0.25) is 11.8 Å². The number of fused-ring (bicyclic) bond motifs is 2. The van der Waals surface area contributed by atoms with E-state index in [1.165, 1.54) is 53.3 Å². The highest BCUT2D eigenvalue weighted by molar-refractivity contribution is 7.19. The molecule has 2 aliphatic heterocycles. The van der Waals surface area contributed by atoms with Gasteiger partial charge in [0.15, 0.2) is 0 Å². The van der Waals surface area contributed by atoms with Crippen LogP contribution in [0.4, 0.5) is 0 Å². The minimum Gasteiger partial charge on any atom is -0.327 e. The molecule has 2 aromatic carbocycles. The first-order chi connectivity index (χ1) is 17.1. The Kier molecular flexibility index (Phi) is 6.33. The number of nitrogens with zero attached hydrogens (tertiary/aromatic N) is 3. The second-order valence-corrected chi connectivity index (χ2v) is 11.5. The van der Waals surface area contributed by atoms with Crippen molar-refractivity contribution >= 4 is 33.2 Å². The number of benzene rings is 2. The molecule has 0 N–H and O–H groups in total. The molecule has 1 aromatic heterocycles. The van der Waals surface area contributed by atoms with E-state index in [2.05, 4.69) is 47.4 Å². The number of carbonyl (C=O) groups is 2. The van der Waals surface area contributed by atoms with Crippen LogP contribution in [-0.2, 0) is 22.7 Å². The summed E-state index contributed by atoms with van der Waals surface area (Å²) in [4.78, 5) is 33.4. The fourth-order valence-electron chi connectivity index (χ4n) is 6.06. The van der Waals surface area contributed by atoms with Crippen LogP contribution in [0.25, 0.3) is 10.1 Å². The quantitative estimate of drug-likeness (QED) is 0.509. The van der Waals surface area contributed by atoms with Crippen LogP contribution >= 0.6 is 11.3 Å². The van der Waals surface area contributed by atoms with Crippen molar-refractivity contribution in [3.05, 3.63) is 70.6 Å². The van der Waals surface area contributed by atoms with Gasteiger partial charge in [0.25, 0.3) is 0 Å². The molecule has 0 bridgehead atoms. The Morgan fingerprint density at radius 1 is 0.886 bits per heavy atom. The van der Waals surface area contributed by atoms with Gasteiger partial charge < -0.3 is 9.80 Å². The average Bonchev–Trinajstić information content (AvgIpc) is 3.30. The van der Waals surface area contributed by atoms with Crippen molar-refractivity contribution in [3.8, 4) is 0 Å². The van der Waals surface area contributed by atoms with E-state index < -0.39 is 0 Å². The standard InChI is InChI=1S/C29H33N3O2S/c33-28-20-31(18-25-16-24-8-4-5-9-27(24)35-25)29(34)26-19-30(14-15-32(26)28)17-21-10-12-23(13-11-21)22-6-2-1-3-7-22/h4-5,8-13,16,22,26H,1-3,6-7,14-15,17-20H2. The number of amides is 2. The van der Waals surface area contributed by atoms with Crippen LogP contribution in [0.2, 0.25) is 0 Å². The normalized spacial score (nSPS) is 22.1. The highest BCUT2D eigenvalue weighted by Gasteiger charge is 2.42. The van der Waals surface area contributed by atoms with Crippen LogP contribution in [0.5, 0.6) is 0 Å². The number of piperazine rings is 2. The van der Waals surface area contributed by atoms with Gasteiger partial charge in [0.05, 0.1) is 6.54 Å². The lowest BCUT2D eigenvalue weighted by Crippen LogP contribution is -2.66. The predicted octanol–water partition coefficient (Wildman–Crippen LogP) is 5.00. The summed E-state index contributed by atoms with van der Waals surface area (Å²) in [5.74, 6) is 0.880. The molecule has 3 fully saturated rings. The minimum atomic E-state index is -0.374. The van der Waals surface area contributed by atoms with Crippen molar-refractivity contribution in [2.24, 2.45) is 0 Å². The van der Waals surface area contributed by atoms with Gasteiger partial charge in [-0.25, -0.2) is 0 Å². The van der Waals surface area contributed by atoms with Gasteiger partial charge in [-0.3, -0.25) is 14.5 Å². The highest BCUT2D eigenvalue weighted by atomic mass is 32.1. The molecule has 3 aromatic rings. The third-order valence-electron chi connectivity index (χ3n) is 7.99. The minimum absolute atomic E-state index is 0.0761. The SMILES string of the molecule is O=C1C2CN(Cc3ccc(C4CCCCC4)cc3)CCN2C(=O)CN1Cc1cc2ccccc2s1. The summed E-state index contributed by atoms with van der Waals surface area (Å²) >= 11 is 1.71. The van der Waals surface area contributed by atoms with Crippen molar-refractivity contribution in [3.63, 3.8) is 0 Å². The van der Waals surface area contributed by atoms with Gasteiger partial charge in [-0.2, -0.15) is 0 Å². The number of hydrogen-bond donors (Lipinski definition) is 0. The number of carbonyl (C=O) groups excluding carboxylic acids is 2. The Labute approximate surface area is 211 Å². The molecule has 1 unspecified atom stereocenters. The number of rotatable bonds is 5. The van der Waals surface area contributed by atoms with Gasteiger partial charge in [-0.1, -0.05) is 61.7 Å². The maximum atomic E-state index is 13.5. The van der Waals surface area contributed by atoms with Gasteiger partial charge in [0.1, 0.15) is 12.6 Å². The van der Waals surface area contributed by atoms with Crippen LogP contribution < -0.4 is 0 Å². The van der Waals surface area contributed by atoms with E-state index in [0.29, 0.717) is 19.6 Å². The van der Waals surface area contributed by atoms with Crippen LogP contribution in [-0.4, -0.2) is 58.7 Å². The van der Waals surface area contributed by atoms with E-state index in [9.17, 15) is 9.59 Å². The largest absolute Gasteiger partial charge is 0.327 e. The van der Waals surface area contributed by atoms with E-state index in [0.717, 1.165) is 23.9 Å². The van der Waals surface area contributed by atoms with Gasteiger partial charge >= 0.3 is 0 Å². The summed E-state index contributed by atoms with van der Waals surface area (Å²) < 4.78 is 1.22. The Bertz CT molecular complexity index is 1180. The molecular weight excluding hydrogens is 454 g/mol. The maximum absolute atomic E-state index is 13.5. The number of hydrogen-bond acceptors (Lipinski definition) is 4. The Hall–Kier alpha value is -2.70. The molecule has 0 spiro atoms. The fourth-order valence-corrected chi connectivity index (χ4v) is 7.14. The monoisotopic (exact) mass is 487 g/mol. The Morgan fingerprint density at radius 3 is 2.49 bits per heavy atom. The summed E-state index contributed by atoms with van der Waals surface area (Å²) in [5, 5.41) is 1.20. The third kappa shape index (κ3) is 4.74. The second kappa shape index (κ2) is 9.75. The molecule has 1 saturated carbocycles. The van der Waals surface area contributed by atoms with Crippen LogP contribution in [0.1, 0.15) is 54.0 Å². The summed E-state index contributed by atoms with van der Waals surface area (Å²) in [7, 11) is 0. The number of thiophene rings is 1. The molecule has 2 amide bonds. The fraction of sp³-hybridized carbons (Fsp3) is 0.448. The topological polar surface area (TPSA) is 43.9 Å². The molecule has 3 aliphatic rings. The molecule has 6 rings (SSSR count). The zero-order valence-electron chi connectivity index (χ0n) is 20.2. The Balaban J connectivity index is 1.11. The molecule has 0 radical (unpaired) electrons. The van der Waals surface area contributed by atoms with E-state index >= 15 is 0 Å². The van der Waals surface area contributed by atoms with Crippen molar-refractivity contribution in [2.45, 2.75) is 57.2 Å². The van der Waals surface area contributed by atoms with Crippen molar-refractivity contribution in [1.82, 2.24) is 14.7 Å². The molecule has 1 atom stereocenters. The van der Waals surface area contributed by atoms with E-state index in [1.54, 1.807) is 16.2 Å². The first kappa shape index (κ1) is 22.7. The zero-order valence-corrected chi connectivity index (χ0v) is 21.0. The molecule has 3 heterocycles. The molecule has 6 heteroatoms. The summed E-state index contributed by atoms with van der Waals surface area (Å²) in [5.41, 5.74) is 2.76. The predicted molar refractivity (Wildman–Crippen MR) is 140 cm³/mol. The summed E-state index contributed by atoms with van der Waals surface area (Å²) in [6.45, 7) is 3.58. The molecule has 5 nitrogen and oxygen atoms in total. The molecular formula is C29H33N3O2S. The van der Waals surface area contributed by atoms with Gasteiger partial charge in [-0.15, -0.1) is 11.3 Å². The van der Waals surface area contributed by atoms with Gasteiger partial charge in [0, 0.05) is 35.8 Å². The lowest BCUT2D eigenvalue weighted by Gasteiger charge is -2.46. The second-order valence-electron chi connectivity index (χ2n) is 10.4. The van der Waals surface area contributed by atoms with Crippen LogP contribution in [0, 0.1) is 0 Å². The first-order valence-electron chi connectivity index (χ1n) is 13.0. The molecule has 2 saturated heterocycles. The molecule has 1 aliphatic carbocycles. The molecule has 35 heavy (non-hydrogen) atoms. The van der Waals surface area contributed by atoms with Crippen LogP contribution in [0.3, 0.4) is 0 Å². The van der Waals surface area contributed by atoms with E-state index in [1.807, 2.05) is 17.0 Å². The van der Waals surface area contributed by atoms with E-state index in [-0.39, 0.29) is 24.4 Å². The maximum Gasteiger partial charge on any atom is 0.247 e. The summed E-state index contributed by atoms with van der Waals surface area (Å²) in [6.07, 6.45) is 6.72. The van der Waals surface area contributed by atoms with Crippen molar-refractivity contribution < 1.29 is 9.59 Å². The highest BCUT2D eigenvalue weighted by Crippen LogP contribution is 2.33. The van der Waals surface area contributed by atoms with Crippen LogP contribution in [0.15, 0.2) is 54.6 Å². The van der Waals surface area contributed by atoms with Crippen molar-refractivity contribution in [2.75, 3.05) is 26.2 Å². The Morgan fingerprint density at radius 2 is 1.69 bits per heavy atom. The first-order valence-corrected chi connectivity index (χ1v) is 13.8. The average molecular weight is 488 g/mol. The molecule has 182 valence electrons. The summed E-state index contributed by atoms with van der Waals surface area (Å²) in [6, 6.07) is 19.2. The lowest BCUT2D eigenvalue weighted by atomic mass is 9.84. The van der Waals surface area contributed by atoms with Gasteiger partial charge in [-0.05, 0) is 47.4 Å². The smallest absolute Gasteiger partial charge is 0.247 e. The third-order valence-corrected chi connectivity index (χ3v) is 9.09. The zero-order chi connectivity index (χ0) is 23.8.